The number of nitrogens with two attached hydrogens (primary N) is 2. The van der Waals surface area contributed by atoms with Crippen molar-refractivity contribution < 1.29 is 66.8 Å². The zero-order valence-corrected chi connectivity index (χ0v) is 46.0. The fourth-order valence-electron chi connectivity index (χ4n) is 5.79. The third-order valence-electron chi connectivity index (χ3n) is 8.60. The number of hydrogen-bond donors (Lipinski definition) is 8. The van der Waals surface area contributed by atoms with Crippen LogP contribution in [-0.4, -0.2) is 187 Å². The first-order valence-corrected chi connectivity index (χ1v) is 22.2. The fourth-order valence-corrected chi connectivity index (χ4v) is 8.21. The van der Waals surface area contributed by atoms with Gasteiger partial charge in [-0.2, -0.15) is 49.0 Å². The standard InChI is InChI=1S/C34H28N8O15S4.4Na/c1-15-7-25(40-42-32-28(61(54,55)56)11-17-9-21(59(48,49)50)13-23(36)30(17)34(32)44)26(57-2)14-24(15)39-37-18-3-5-19(6-4-18)38-41-31-27(60(51,52)53)10-16-8-20(58(45,46)47)12-22(35)29(16)33(31)43;;;;/h3-14,43-44H,35-36H2,1-2H3,(H,45,46,47)(H,48,49,50)(H,51,52,53)(H,54,55,56);;;;. The summed E-state index contributed by atoms with van der Waals surface area (Å²) >= 11 is 0. The number of nitrogens with zero attached hydrogens (tertiary/aromatic N) is 6. The van der Waals surface area contributed by atoms with Crippen LogP contribution in [0.5, 0.6) is 17.2 Å². The molecule has 0 aliphatic carbocycles. The van der Waals surface area contributed by atoms with Gasteiger partial charge in [0.25, 0.3) is 40.5 Å². The number of nitrogen functional groups attached to an aromatic ring is 2. The summed E-state index contributed by atoms with van der Waals surface area (Å²) in [6.45, 7) is 1.60. The molecule has 23 nitrogen and oxygen atoms in total. The monoisotopic (exact) mass is 1010 g/mol. The average molecular weight is 1010 g/mol. The molecule has 4 radical (unpaired) electrons. The summed E-state index contributed by atoms with van der Waals surface area (Å²) in [6.07, 6.45) is 0. The van der Waals surface area contributed by atoms with Gasteiger partial charge in [-0.3, -0.25) is 18.2 Å². The Kier molecular flexibility index (Phi) is 19.9. The molecule has 0 aliphatic heterocycles. The summed E-state index contributed by atoms with van der Waals surface area (Å²) in [5.74, 6) is -1.72. The van der Waals surface area contributed by atoms with E-state index in [2.05, 4.69) is 30.7 Å². The van der Waals surface area contributed by atoms with E-state index in [4.69, 9.17) is 16.2 Å². The predicted octanol–water partition coefficient (Wildman–Crippen LogP) is 5.60. The topological polar surface area (TPSA) is 393 Å². The van der Waals surface area contributed by atoms with E-state index in [1.54, 1.807) is 6.92 Å². The first-order valence-electron chi connectivity index (χ1n) is 16.4. The van der Waals surface area contributed by atoms with Gasteiger partial charge in [-0.25, -0.2) is 0 Å². The minimum atomic E-state index is -5.12. The molecule has 0 saturated carbocycles. The third kappa shape index (κ3) is 13.1. The molecular weight excluding hydrogens is 981 g/mol. The average Bonchev–Trinajstić information content (AvgIpc) is 3.15. The van der Waals surface area contributed by atoms with Crippen molar-refractivity contribution in [1.82, 2.24) is 0 Å². The molecule has 0 saturated heterocycles. The number of ether oxygens (including phenoxy) is 1. The van der Waals surface area contributed by atoms with Gasteiger partial charge in [0.1, 0.15) is 32.6 Å². The van der Waals surface area contributed by atoms with Crippen LogP contribution in [0.25, 0.3) is 21.5 Å². The van der Waals surface area contributed by atoms with Gasteiger partial charge in [0.15, 0.2) is 11.5 Å². The van der Waals surface area contributed by atoms with Crippen LogP contribution in [0.15, 0.2) is 123 Å². The summed E-state index contributed by atoms with van der Waals surface area (Å²) in [6, 6.07) is 13.3. The number of phenolic OH excluding ortho intramolecular Hbond substituents is 2. The van der Waals surface area contributed by atoms with Gasteiger partial charge in [0, 0.05) is 146 Å². The molecule has 0 amide bonds. The maximum absolute atomic E-state index is 12.3. The van der Waals surface area contributed by atoms with Crippen LogP contribution in [-0.2, 0) is 40.5 Å². The number of methoxy groups -OCH3 is 1. The molecule has 0 bridgehead atoms. The van der Waals surface area contributed by atoms with Crippen LogP contribution in [0.2, 0.25) is 0 Å². The second kappa shape index (κ2) is 22.1. The first-order chi connectivity index (χ1) is 28.3. The molecule has 6 aromatic rings. The number of benzene rings is 6. The summed E-state index contributed by atoms with van der Waals surface area (Å²) < 4.78 is 140. The van der Waals surface area contributed by atoms with E-state index in [-0.39, 0.29) is 180 Å². The minimum Gasteiger partial charge on any atom is -0.505 e. The Labute approximate surface area is 458 Å². The van der Waals surface area contributed by atoms with Gasteiger partial charge >= 0.3 is 0 Å². The summed E-state index contributed by atoms with van der Waals surface area (Å²) in [4.78, 5) is -3.33. The molecule has 0 aromatic heterocycles. The second-order valence-electron chi connectivity index (χ2n) is 12.7. The van der Waals surface area contributed by atoms with E-state index in [9.17, 15) is 62.1 Å². The Bertz CT molecular complexity index is 3420. The van der Waals surface area contributed by atoms with Gasteiger partial charge in [0.2, 0.25) is 0 Å². The number of fused-ring (bicyclic) bond motifs is 2. The van der Waals surface area contributed by atoms with Crippen molar-refractivity contribution in [2.24, 2.45) is 30.7 Å². The largest absolute Gasteiger partial charge is 0.505 e. The zero-order chi connectivity index (χ0) is 45.0. The SMILES string of the molecule is COc1cc(N=Nc2ccc(N=Nc3c(S(=O)(=O)O)cc4cc(S(=O)(=O)O)cc(N)c4c3O)cc2)c(C)cc1N=Nc1c(S(=O)(=O)O)cc2cc(S(=O)(=O)O)cc(N)c2c1O.[Na].[Na].[Na].[Na]. The number of azo groups is 3. The second-order valence-corrected chi connectivity index (χ2v) is 18.3. The quantitative estimate of drug-likeness (QED) is 0.0339. The number of aryl methyl sites for hydroxylation is 1. The van der Waals surface area contributed by atoms with Crippen molar-refractivity contribution in [3.63, 3.8) is 0 Å². The van der Waals surface area contributed by atoms with E-state index in [0.29, 0.717) is 5.56 Å². The van der Waals surface area contributed by atoms with Gasteiger partial charge in [0.05, 0.1) is 34.0 Å². The van der Waals surface area contributed by atoms with E-state index in [1.165, 1.54) is 43.5 Å². The number of hydrogen-bond acceptors (Lipinski definition) is 19. The Hall–Kier alpha value is -2.72. The normalized spacial score (nSPS) is 12.2. The van der Waals surface area contributed by atoms with Crippen molar-refractivity contribution >= 4 is 226 Å². The van der Waals surface area contributed by atoms with Crippen LogP contribution in [0.3, 0.4) is 0 Å². The molecule has 0 atom stereocenters. The van der Waals surface area contributed by atoms with Gasteiger partial charge in [-0.1, -0.05) is 0 Å². The molecule has 6 rings (SSSR count). The third-order valence-corrected chi connectivity index (χ3v) is 12.0. The smallest absolute Gasteiger partial charge is 0.296 e. The Morgan fingerprint density at radius 2 is 0.862 bits per heavy atom. The van der Waals surface area contributed by atoms with E-state index < -0.39 is 82.9 Å². The minimum absolute atomic E-state index is 0. The maximum Gasteiger partial charge on any atom is 0.296 e. The molecule has 0 spiro atoms. The summed E-state index contributed by atoms with van der Waals surface area (Å²) in [5.41, 5.74) is 10.6. The number of aromatic hydroxyl groups is 2. The van der Waals surface area contributed by atoms with E-state index in [0.717, 1.165) is 36.4 Å². The number of rotatable bonds is 11. The van der Waals surface area contributed by atoms with Crippen molar-refractivity contribution in [2.45, 2.75) is 26.5 Å². The molecule has 31 heteroatoms. The Morgan fingerprint density at radius 1 is 0.492 bits per heavy atom. The van der Waals surface area contributed by atoms with Crippen molar-refractivity contribution in [3.05, 3.63) is 78.4 Å². The van der Waals surface area contributed by atoms with Gasteiger partial charge in [-0.15, -0.1) is 15.3 Å². The fraction of sp³-hybridized carbons (Fsp3) is 0.0588. The van der Waals surface area contributed by atoms with Crippen molar-refractivity contribution in [1.29, 1.82) is 0 Å². The summed E-state index contributed by atoms with van der Waals surface area (Å²) in [7, 11) is -18.5. The number of anilines is 2. The van der Waals surface area contributed by atoms with Crippen LogP contribution >= 0.6 is 0 Å². The van der Waals surface area contributed by atoms with Crippen molar-refractivity contribution in [2.75, 3.05) is 18.6 Å². The molecular formula is C34H28N8Na4O15S4. The van der Waals surface area contributed by atoms with Gasteiger partial charge in [-0.05, 0) is 90.0 Å². The number of phenols is 2. The molecule has 10 N–H and O–H groups in total. The molecule has 0 fully saturated rings. The molecule has 0 unspecified atom stereocenters. The first kappa shape index (κ1) is 58.4. The Balaban J connectivity index is 0.00000363. The molecule has 0 aliphatic rings. The Morgan fingerprint density at radius 3 is 1.23 bits per heavy atom. The van der Waals surface area contributed by atoms with Crippen molar-refractivity contribution in [3.8, 4) is 17.2 Å². The van der Waals surface area contributed by atoms with Crippen LogP contribution in [0, 0.1) is 6.92 Å². The van der Waals surface area contributed by atoms with Crippen LogP contribution < -0.4 is 16.2 Å². The van der Waals surface area contributed by atoms with Crippen LogP contribution in [0.1, 0.15) is 5.56 Å². The van der Waals surface area contributed by atoms with Gasteiger partial charge < -0.3 is 26.4 Å². The van der Waals surface area contributed by atoms with E-state index >= 15 is 0 Å². The van der Waals surface area contributed by atoms with Crippen LogP contribution in [0.4, 0.5) is 45.5 Å². The molecule has 65 heavy (non-hydrogen) atoms. The molecule has 6 aromatic carbocycles. The maximum atomic E-state index is 12.3. The summed E-state index contributed by atoms with van der Waals surface area (Å²) in [5, 5.41) is 44.8. The van der Waals surface area contributed by atoms with E-state index in [1.807, 2.05) is 0 Å². The zero-order valence-electron chi connectivity index (χ0n) is 34.8. The predicted molar refractivity (Wildman–Crippen MR) is 239 cm³/mol. The molecule has 322 valence electrons. The molecule has 0 heterocycles.